The van der Waals surface area contributed by atoms with Gasteiger partial charge in [-0.2, -0.15) is 10.1 Å². The molecule has 2 aromatic carbocycles. The molecule has 1 atom stereocenters. The molecule has 13 heteroatoms. The first kappa shape index (κ1) is 37.9. The Morgan fingerprint density at radius 2 is 1.76 bits per heavy atom. The molecule has 0 bridgehead atoms. The fraction of sp³-hybridized carbons (Fsp3) is 0.474. The van der Waals surface area contributed by atoms with E-state index in [0.29, 0.717) is 18.0 Å². The van der Waals surface area contributed by atoms with Gasteiger partial charge in [-0.1, -0.05) is 51.1 Å². The van der Waals surface area contributed by atoms with Crippen LogP contribution in [0.3, 0.4) is 0 Å². The molecule has 1 fully saturated rings. The molecule has 0 amide bonds. The van der Waals surface area contributed by atoms with E-state index < -0.39 is 10.0 Å². The van der Waals surface area contributed by atoms with E-state index in [2.05, 4.69) is 63.2 Å². The molecule has 12 nitrogen and oxygen atoms in total. The van der Waals surface area contributed by atoms with Crippen molar-refractivity contribution in [3.05, 3.63) is 77.6 Å². The number of benzene rings is 2. The fourth-order valence-corrected chi connectivity index (χ4v) is 7.57. The largest absolute Gasteiger partial charge is 0.475 e. The summed E-state index contributed by atoms with van der Waals surface area (Å²) in [6.45, 7) is 14.6. The molecule has 4 aromatic rings. The number of likely N-dealkylation sites (tertiary alicyclic amines) is 1. The van der Waals surface area contributed by atoms with Crippen molar-refractivity contribution in [1.29, 1.82) is 0 Å². The zero-order chi connectivity index (χ0) is 36.8. The maximum absolute atomic E-state index is 13.4. The minimum atomic E-state index is -4.12. The van der Waals surface area contributed by atoms with Crippen molar-refractivity contribution in [2.75, 3.05) is 56.6 Å². The number of aromatic nitrogens is 4. The smallest absolute Gasteiger partial charge is 0.264 e. The SMILES string of the molecule is COCCN1CCC(n2cc(N(C)[C@@H](COc3cc(-c4c(C)cccc4C)nc(NS(=O)(=O)c4cccc(C=O)c4)n3)CC(C)(C)C)cn2)CC1. The number of nitrogens with zero attached hydrogens (tertiary/aromatic N) is 6. The Balaban J connectivity index is 1.40. The number of carbonyl (C=O) groups excluding carboxylic acids is 1. The molecule has 2 aromatic heterocycles. The van der Waals surface area contributed by atoms with Gasteiger partial charge in [-0.3, -0.25) is 9.48 Å². The van der Waals surface area contributed by atoms with Crippen LogP contribution in [0.1, 0.15) is 67.6 Å². The maximum Gasteiger partial charge on any atom is 0.264 e. The van der Waals surface area contributed by atoms with Crippen molar-refractivity contribution in [2.24, 2.45) is 5.41 Å². The maximum atomic E-state index is 13.4. The Hall–Kier alpha value is -4.33. The van der Waals surface area contributed by atoms with Crippen LogP contribution in [0, 0.1) is 19.3 Å². The summed E-state index contributed by atoms with van der Waals surface area (Å²) in [7, 11) is -0.317. The highest BCUT2D eigenvalue weighted by Crippen LogP contribution is 2.32. The molecule has 1 saturated heterocycles. The van der Waals surface area contributed by atoms with Crippen LogP contribution in [0.2, 0.25) is 0 Å². The number of anilines is 2. The Morgan fingerprint density at radius 3 is 2.43 bits per heavy atom. The summed E-state index contributed by atoms with van der Waals surface area (Å²) in [4.78, 5) is 25.1. The number of carbonyl (C=O) groups is 1. The number of likely N-dealkylation sites (N-methyl/N-ethyl adjacent to an activating group) is 1. The number of hydrogen-bond acceptors (Lipinski definition) is 10. The normalized spacial score (nSPS) is 15.0. The Morgan fingerprint density at radius 1 is 1.06 bits per heavy atom. The first-order valence-electron chi connectivity index (χ1n) is 17.4. The van der Waals surface area contributed by atoms with Gasteiger partial charge in [-0.05, 0) is 61.8 Å². The van der Waals surface area contributed by atoms with E-state index in [4.69, 9.17) is 14.6 Å². The Kier molecular flexibility index (Phi) is 12.2. The zero-order valence-electron chi connectivity index (χ0n) is 30.8. The second-order valence-corrected chi connectivity index (χ2v) is 16.2. The minimum absolute atomic E-state index is 0.0146. The summed E-state index contributed by atoms with van der Waals surface area (Å²) < 4.78 is 43.2. The molecule has 51 heavy (non-hydrogen) atoms. The van der Waals surface area contributed by atoms with Crippen molar-refractivity contribution in [3.8, 4) is 17.1 Å². The van der Waals surface area contributed by atoms with E-state index in [1.165, 1.54) is 18.2 Å². The van der Waals surface area contributed by atoms with E-state index >= 15 is 0 Å². The summed E-state index contributed by atoms with van der Waals surface area (Å²) in [5.74, 6) is 0.113. The lowest BCUT2D eigenvalue weighted by Gasteiger charge is -2.34. The molecule has 1 aliphatic rings. The van der Waals surface area contributed by atoms with Gasteiger partial charge in [-0.25, -0.2) is 18.1 Å². The lowest BCUT2D eigenvalue weighted by atomic mass is 9.87. The first-order valence-corrected chi connectivity index (χ1v) is 18.9. The van der Waals surface area contributed by atoms with Gasteiger partial charge in [0.2, 0.25) is 11.8 Å². The highest BCUT2D eigenvalue weighted by molar-refractivity contribution is 7.92. The van der Waals surface area contributed by atoms with Crippen molar-refractivity contribution >= 4 is 27.9 Å². The van der Waals surface area contributed by atoms with Gasteiger partial charge in [-0.15, -0.1) is 0 Å². The Bertz CT molecular complexity index is 1880. The van der Waals surface area contributed by atoms with Gasteiger partial charge in [0.25, 0.3) is 10.0 Å². The molecule has 274 valence electrons. The van der Waals surface area contributed by atoms with E-state index in [0.717, 1.165) is 67.9 Å². The molecule has 3 heterocycles. The van der Waals surface area contributed by atoms with Crippen LogP contribution in [0.5, 0.6) is 5.88 Å². The van der Waals surface area contributed by atoms with Crippen LogP contribution in [0.15, 0.2) is 65.8 Å². The number of methoxy groups -OCH3 is 1. The summed E-state index contributed by atoms with van der Waals surface area (Å²) >= 11 is 0. The van der Waals surface area contributed by atoms with Crippen molar-refractivity contribution in [2.45, 2.75) is 70.9 Å². The minimum Gasteiger partial charge on any atom is -0.475 e. The predicted octanol–water partition coefficient (Wildman–Crippen LogP) is 6.17. The number of ether oxygens (including phenoxy) is 2. The number of piperidine rings is 1. The van der Waals surface area contributed by atoms with Crippen LogP contribution in [-0.2, 0) is 14.8 Å². The Labute approximate surface area is 302 Å². The lowest BCUT2D eigenvalue weighted by Crippen LogP contribution is -2.39. The van der Waals surface area contributed by atoms with Gasteiger partial charge in [0, 0.05) is 57.2 Å². The number of nitrogens with one attached hydrogen (secondary N) is 1. The number of aldehydes is 1. The topological polar surface area (TPSA) is 132 Å². The summed E-state index contributed by atoms with van der Waals surface area (Å²) in [6, 6.07) is 13.8. The molecular formula is C38H51N7O5S. The van der Waals surface area contributed by atoms with Gasteiger partial charge >= 0.3 is 0 Å². The molecule has 0 aliphatic carbocycles. The number of sulfonamides is 1. The number of aryl methyl sites for hydroxylation is 2. The third kappa shape index (κ3) is 9.93. The van der Waals surface area contributed by atoms with Crippen LogP contribution >= 0.6 is 0 Å². The highest BCUT2D eigenvalue weighted by atomic mass is 32.2. The van der Waals surface area contributed by atoms with Crippen LogP contribution < -0.4 is 14.4 Å². The van der Waals surface area contributed by atoms with Gasteiger partial charge in [0.1, 0.15) is 12.9 Å². The van der Waals surface area contributed by atoms with E-state index in [-0.39, 0.29) is 40.4 Å². The monoisotopic (exact) mass is 717 g/mol. The molecule has 0 saturated carbocycles. The molecule has 0 radical (unpaired) electrons. The quantitative estimate of drug-likeness (QED) is 0.142. The molecule has 5 rings (SSSR count). The summed E-state index contributed by atoms with van der Waals surface area (Å²) in [6.07, 6.45) is 7.54. The van der Waals surface area contributed by atoms with Crippen LogP contribution in [0.4, 0.5) is 11.6 Å². The average molecular weight is 718 g/mol. The number of rotatable bonds is 15. The molecular weight excluding hydrogens is 667 g/mol. The van der Waals surface area contributed by atoms with E-state index in [1.807, 2.05) is 38.2 Å². The highest BCUT2D eigenvalue weighted by Gasteiger charge is 2.27. The lowest BCUT2D eigenvalue weighted by molar-refractivity contribution is 0.112. The van der Waals surface area contributed by atoms with E-state index in [1.54, 1.807) is 19.2 Å². The second-order valence-electron chi connectivity index (χ2n) is 14.6. The van der Waals surface area contributed by atoms with Crippen molar-refractivity contribution < 1.29 is 22.7 Å². The predicted molar refractivity (Wildman–Crippen MR) is 200 cm³/mol. The van der Waals surface area contributed by atoms with Crippen LogP contribution in [0.25, 0.3) is 11.3 Å². The van der Waals surface area contributed by atoms with Crippen LogP contribution in [-0.4, -0.2) is 92.4 Å². The zero-order valence-corrected chi connectivity index (χ0v) is 31.6. The third-order valence-electron chi connectivity index (χ3n) is 9.33. The molecule has 0 unspecified atom stereocenters. The second kappa shape index (κ2) is 16.3. The molecule has 1 N–H and O–H groups in total. The molecule has 0 spiro atoms. The summed E-state index contributed by atoms with van der Waals surface area (Å²) in [5.41, 5.74) is 4.60. The fourth-order valence-electron chi connectivity index (χ4n) is 6.57. The average Bonchev–Trinajstić information content (AvgIpc) is 3.59. The van der Waals surface area contributed by atoms with Gasteiger partial charge < -0.3 is 19.3 Å². The standard InChI is InChI=1S/C38H51N7O5S/c1-27-10-8-11-28(2)36(27)34-21-35(41-37(40-34)42-51(47,48)33-13-9-12-29(20-33)25-46)50-26-31(22-38(3,4)5)43(6)32-23-39-45(24-32)30-14-16-44(17-15-30)18-19-49-7/h8-13,20-21,23-25,30-31H,14-19,22,26H2,1-7H3,(H,40,41,42)/t31-/m1/s1. The summed E-state index contributed by atoms with van der Waals surface area (Å²) in [5, 5.41) is 4.77. The first-order chi connectivity index (χ1) is 24.3. The number of hydrogen-bond donors (Lipinski definition) is 1. The van der Waals surface area contributed by atoms with Gasteiger partial charge in [0.15, 0.2) is 0 Å². The van der Waals surface area contributed by atoms with Crippen molar-refractivity contribution in [1.82, 2.24) is 24.6 Å². The molecule has 1 aliphatic heterocycles. The van der Waals surface area contributed by atoms with Crippen molar-refractivity contribution in [3.63, 3.8) is 0 Å². The van der Waals surface area contributed by atoms with Gasteiger partial charge in [0.05, 0.1) is 41.2 Å². The van der Waals surface area contributed by atoms with E-state index in [9.17, 15) is 13.2 Å². The third-order valence-corrected chi connectivity index (χ3v) is 10.7.